The topological polar surface area (TPSA) is 72.7 Å². The van der Waals surface area contributed by atoms with Crippen LogP contribution in [0.5, 0.6) is 0 Å². The number of rotatable bonds is 4. The van der Waals surface area contributed by atoms with E-state index in [-0.39, 0.29) is 5.56 Å². The molecule has 0 saturated heterocycles. The van der Waals surface area contributed by atoms with Gasteiger partial charge in [0.05, 0.1) is 10.1 Å². The summed E-state index contributed by atoms with van der Waals surface area (Å²) in [4.78, 5) is 16.2. The van der Waals surface area contributed by atoms with Crippen molar-refractivity contribution in [2.75, 3.05) is 11.9 Å². The van der Waals surface area contributed by atoms with Crippen LogP contribution in [0, 0.1) is 10.5 Å². The highest BCUT2D eigenvalue weighted by molar-refractivity contribution is 14.1. The van der Waals surface area contributed by atoms with Gasteiger partial charge in [-0.05, 0) is 36.4 Å². The van der Waals surface area contributed by atoms with Gasteiger partial charge in [-0.25, -0.2) is 4.98 Å². The first-order valence-electron chi connectivity index (χ1n) is 5.40. The lowest BCUT2D eigenvalue weighted by atomic mass is 10.5. The molecule has 0 aliphatic heterocycles. The molecule has 0 aromatic carbocycles. The van der Waals surface area contributed by atoms with Crippen molar-refractivity contribution in [3.8, 4) is 0 Å². The molecule has 2 aromatic heterocycles. The van der Waals surface area contributed by atoms with Crippen LogP contribution in [-0.2, 0) is 6.54 Å². The van der Waals surface area contributed by atoms with Crippen molar-refractivity contribution in [2.24, 2.45) is 0 Å². The van der Waals surface area contributed by atoms with E-state index in [0.717, 1.165) is 16.7 Å². The number of hydrogen-bond acceptors (Lipinski definition) is 6. The summed E-state index contributed by atoms with van der Waals surface area (Å²) in [5.41, 5.74) is -0.0386. The fourth-order valence-corrected chi connectivity index (χ4v) is 2.64. The summed E-state index contributed by atoms with van der Waals surface area (Å²) >= 11 is 3.44. The first-order valence-corrected chi connectivity index (χ1v) is 7.29. The van der Waals surface area contributed by atoms with Crippen molar-refractivity contribution in [3.63, 3.8) is 0 Å². The fraction of sp³-hybridized carbons (Fsp3) is 0.400. The summed E-state index contributed by atoms with van der Waals surface area (Å²) in [6.07, 6.45) is 1.58. The van der Waals surface area contributed by atoms with Crippen LogP contribution in [-0.4, -0.2) is 26.3 Å². The van der Waals surface area contributed by atoms with E-state index in [1.54, 1.807) is 10.8 Å². The number of halogens is 1. The Kier molecular flexibility index (Phi) is 4.27. The summed E-state index contributed by atoms with van der Waals surface area (Å²) in [5, 5.41) is 12.7. The zero-order chi connectivity index (χ0) is 13.1. The molecule has 2 heterocycles. The standard InChI is InChI=1S/C10H12IN5OS/c1-3-12-10-15-14-8(18-10)5-16-6(2)13-4-7(11)9(16)17/h4H,3,5H2,1-2H3,(H,12,15). The van der Waals surface area contributed by atoms with E-state index in [4.69, 9.17) is 0 Å². The maximum Gasteiger partial charge on any atom is 0.267 e. The van der Waals surface area contributed by atoms with Crippen molar-refractivity contribution in [1.82, 2.24) is 19.7 Å². The average Bonchev–Trinajstić information content (AvgIpc) is 2.78. The van der Waals surface area contributed by atoms with Crippen LogP contribution >= 0.6 is 33.9 Å². The number of nitrogens with zero attached hydrogens (tertiary/aromatic N) is 4. The van der Waals surface area contributed by atoms with Crippen LogP contribution in [0.15, 0.2) is 11.0 Å². The number of aromatic nitrogens is 4. The Bertz CT molecular complexity index is 609. The minimum Gasteiger partial charge on any atom is -0.360 e. The van der Waals surface area contributed by atoms with Crippen LogP contribution in [0.3, 0.4) is 0 Å². The van der Waals surface area contributed by atoms with Gasteiger partial charge in [-0.2, -0.15) is 0 Å². The van der Waals surface area contributed by atoms with Crippen LogP contribution in [0.25, 0.3) is 0 Å². The van der Waals surface area contributed by atoms with Gasteiger partial charge in [0.25, 0.3) is 5.56 Å². The van der Waals surface area contributed by atoms with Gasteiger partial charge in [-0.3, -0.25) is 9.36 Å². The maximum absolute atomic E-state index is 12.0. The van der Waals surface area contributed by atoms with E-state index in [1.165, 1.54) is 11.3 Å². The van der Waals surface area contributed by atoms with Crippen LogP contribution in [0.4, 0.5) is 5.13 Å². The van der Waals surface area contributed by atoms with Crippen LogP contribution < -0.4 is 10.9 Å². The summed E-state index contributed by atoms with van der Waals surface area (Å²) < 4.78 is 2.22. The molecule has 0 fully saturated rings. The molecule has 0 spiro atoms. The van der Waals surface area contributed by atoms with Gasteiger partial charge in [-0.1, -0.05) is 11.3 Å². The van der Waals surface area contributed by atoms with Crippen molar-refractivity contribution in [2.45, 2.75) is 20.4 Å². The van der Waals surface area contributed by atoms with Gasteiger partial charge in [0.2, 0.25) is 5.13 Å². The third-order valence-corrected chi connectivity index (χ3v) is 3.90. The molecule has 8 heteroatoms. The minimum absolute atomic E-state index is 0.0386. The van der Waals surface area contributed by atoms with Crippen LogP contribution in [0.1, 0.15) is 17.8 Å². The second-order valence-electron chi connectivity index (χ2n) is 3.58. The molecule has 2 aromatic rings. The molecule has 6 nitrogen and oxygen atoms in total. The highest BCUT2D eigenvalue weighted by atomic mass is 127. The molecule has 0 aliphatic rings. The lowest BCUT2D eigenvalue weighted by Gasteiger charge is -2.06. The zero-order valence-corrected chi connectivity index (χ0v) is 12.9. The summed E-state index contributed by atoms with van der Waals surface area (Å²) in [7, 11) is 0. The van der Waals surface area contributed by atoms with E-state index >= 15 is 0 Å². The van der Waals surface area contributed by atoms with Gasteiger partial charge in [0.1, 0.15) is 10.8 Å². The molecule has 0 unspecified atom stereocenters. The minimum atomic E-state index is -0.0386. The Morgan fingerprint density at radius 3 is 3.00 bits per heavy atom. The van der Waals surface area contributed by atoms with Crippen molar-refractivity contribution < 1.29 is 0 Å². The highest BCUT2D eigenvalue weighted by Gasteiger charge is 2.09. The Labute approximate surface area is 122 Å². The van der Waals surface area contributed by atoms with E-state index in [0.29, 0.717) is 15.9 Å². The van der Waals surface area contributed by atoms with E-state index in [1.807, 2.05) is 36.4 Å². The molecule has 18 heavy (non-hydrogen) atoms. The number of nitrogens with one attached hydrogen (secondary N) is 1. The first kappa shape index (κ1) is 13.4. The average molecular weight is 377 g/mol. The van der Waals surface area contributed by atoms with E-state index < -0.39 is 0 Å². The van der Waals surface area contributed by atoms with Gasteiger partial charge >= 0.3 is 0 Å². The second kappa shape index (κ2) is 5.74. The van der Waals surface area contributed by atoms with Crippen molar-refractivity contribution >= 4 is 39.1 Å². The molecule has 0 bridgehead atoms. The number of anilines is 1. The maximum atomic E-state index is 12.0. The van der Waals surface area contributed by atoms with Gasteiger partial charge in [0, 0.05) is 12.7 Å². The quantitative estimate of drug-likeness (QED) is 0.818. The monoisotopic (exact) mass is 377 g/mol. The van der Waals surface area contributed by atoms with Crippen molar-refractivity contribution in [1.29, 1.82) is 0 Å². The van der Waals surface area contributed by atoms with Gasteiger partial charge in [-0.15, -0.1) is 10.2 Å². The lowest BCUT2D eigenvalue weighted by Crippen LogP contribution is -2.26. The van der Waals surface area contributed by atoms with Crippen LogP contribution in [0.2, 0.25) is 0 Å². The Balaban J connectivity index is 2.28. The predicted molar refractivity (Wildman–Crippen MR) is 79.1 cm³/mol. The Morgan fingerprint density at radius 1 is 1.50 bits per heavy atom. The highest BCUT2D eigenvalue weighted by Crippen LogP contribution is 2.15. The number of aryl methyl sites for hydroxylation is 1. The normalized spacial score (nSPS) is 10.6. The van der Waals surface area contributed by atoms with E-state index in [2.05, 4.69) is 20.5 Å². The summed E-state index contributed by atoms with van der Waals surface area (Å²) in [5.74, 6) is 0.681. The molecule has 0 aliphatic carbocycles. The van der Waals surface area contributed by atoms with E-state index in [9.17, 15) is 4.79 Å². The molecule has 0 atom stereocenters. The Hall–Kier alpha value is -1.03. The lowest BCUT2D eigenvalue weighted by molar-refractivity contribution is 0.685. The van der Waals surface area contributed by atoms with Gasteiger partial charge < -0.3 is 5.32 Å². The first-order chi connectivity index (χ1) is 8.61. The molecule has 1 N–H and O–H groups in total. The summed E-state index contributed by atoms with van der Waals surface area (Å²) in [6, 6.07) is 0. The molecular formula is C10H12IN5OS. The summed E-state index contributed by atoms with van der Waals surface area (Å²) in [6.45, 7) is 5.03. The van der Waals surface area contributed by atoms with Gasteiger partial charge in [0.15, 0.2) is 0 Å². The molecule has 0 saturated carbocycles. The fourth-order valence-electron chi connectivity index (χ4n) is 1.41. The molecular weight excluding hydrogens is 365 g/mol. The third-order valence-electron chi connectivity index (χ3n) is 2.29. The third kappa shape index (κ3) is 2.86. The molecule has 0 amide bonds. The van der Waals surface area contributed by atoms with Crippen molar-refractivity contribution in [3.05, 3.63) is 31.0 Å². The largest absolute Gasteiger partial charge is 0.360 e. The molecule has 96 valence electrons. The smallest absolute Gasteiger partial charge is 0.267 e. The predicted octanol–water partition coefficient (Wildman–Crippen LogP) is 1.49. The SMILES string of the molecule is CCNc1nnc(Cn2c(C)ncc(I)c2=O)s1. The zero-order valence-electron chi connectivity index (χ0n) is 9.97. The number of hydrogen-bond donors (Lipinski definition) is 1. The second-order valence-corrected chi connectivity index (χ2v) is 5.80. The molecule has 2 rings (SSSR count). The Morgan fingerprint density at radius 2 is 2.28 bits per heavy atom. The molecule has 0 radical (unpaired) electrons.